The van der Waals surface area contributed by atoms with Crippen molar-refractivity contribution in [1.29, 1.82) is 0 Å². The van der Waals surface area contributed by atoms with Crippen LogP contribution in [0.3, 0.4) is 0 Å². The average Bonchev–Trinajstić information content (AvgIpc) is 3.25. The van der Waals surface area contributed by atoms with E-state index in [1.165, 1.54) is 6.92 Å². The van der Waals surface area contributed by atoms with Crippen LogP contribution in [0.25, 0.3) is 0 Å². The molecule has 2 saturated heterocycles. The van der Waals surface area contributed by atoms with Gasteiger partial charge in [0, 0.05) is 20.0 Å². The van der Waals surface area contributed by atoms with Crippen molar-refractivity contribution < 1.29 is 28.5 Å². The smallest absolute Gasteiger partial charge is 0.411 e. The monoisotopic (exact) mass is 425 g/mol. The number of esters is 1. The molecule has 164 valence electrons. The molecule has 2 aromatic rings. The van der Waals surface area contributed by atoms with Gasteiger partial charge in [-0.25, -0.2) is 4.79 Å². The molecule has 0 bridgehead atoms. The fraction of sp³-hybridized carbons (Fsp3) is 0.417. The molecule has 31 heavy (non-hydrogen) atoms. The third kappa shape index (κ3) is 4.16. The van der Waals surface area contributed by atoms with Crippen LogP contribution in [0.15, 0.2) is 60.7 Å². The normalized spacial score (nSPS) is 30.3. The fourth-order valence-corrected chi connectivity index (χ4v) is 4.52. The Morgan fingerprint density at radius 3 is 2.29 bits per heavy atom. The maximum Gasteiger partial charge on any atom is 0.411 e. The van der Waals surface area contributed by atoms with E-state index in [1.807, 2.05) is 67.6 Å². The SMILES string of the molecule is CCO[C@@]1(C)O[C@H](OC(C)=O)C[C@@H]1N1C(=O)O[C@H](c2ccccc2)[C@@H]1c1ccccc1. The Labute approximate surface area is 181 Å². The minimum atomic E-state index is -1.15. The second-order valence-electron chi connectivity index (χ2n) is 7.84. The molecule has 1 amide bonds. The summed E-state index contributed by atoms with van der Waals surface area (Å²) < 4.78 is 23.1. The van der Waals surface area contributed by atoms with Gasteiger partial charge in [-0.3, -0.25) is 9.69 Å². The van der Waals surface area contributed by atoms with Gasteiger partial charge in [0.2, 0.25) is 6.29 Å². The maximum atomic E-state index is 13.2. The van der Waals surface area contributed by atoms with Gasteiger partial charge in [-0.1, -0.05) is 60.7 Å². The molecule has 0 aromatic heterocycles. The minimum absolute atomic E-state index is 0.288. The summed E-state index contributed by atoms with van der Waals surface area (Å²) >= 11 is 0. The zero-order valence-electron chi connectivity index (χ0n) is 17.9. The Bertz CT molecular complexity index is 920. The third-order valence-corrected chi connectivity index (χ3v) is 5.74. The molecule has 4 rings (SSSR count). The third-order valence-electron chi connectivity index (χ3n) is 5.74. The van der Waals surface area contributed by atoms with Crippen molar-refractivity contribution in [1.82, 2.24) is 4.90 Å². The van der Waals surface area contributed by atoms with Crippen molar-refractivity contribution in [2.45, 2.75) is 57.5 Å². The van der Waals surface area contributed by atoms with Crippen molar-refractivity contribution in [3.63, 3.8) is 0 Å². The van der Waals surface area contributed by atoms with Crippen LogP contribution in [0.2, 0.25) is 0 Å². The summed E-state index contributed by atoms with van der Waals surface area (Å²) in [6.07, 6.45) is -1.46. The van der Waals surface area contributed by atoms with E-state index in [1.54, 1.807) is 11.8 Å². The molecule has 2 heterocycles. The van der Waals surface area contributed by atoms with E-state index in [0.29, 0.717) is 6.61 Å². The first kappa shape index (κ1) is 21.3. The van der Waals surface area contributed by atoms with Gasteiger partial charge in [0.25, 0.3) is 0 Å². The Morgan fingerprint density at radius 1 is 1.10 bits per heavy atom. The van der Waals surface area contributed by atoms with Gasteiger partial charge >= 0.3 is 12.1 Å². The lowest BCUT2D eigenvalue weighted by atomic mass is 9.93. The van der Waals surface area contributed by atoms with Crippen molar-refractivity contribution >= 4 is 12.1 Å². The maximum absolute atomic E-state index is 13.2. The topological polar surface area (TPSA) is 74.3 Å². The van der Waals surface area contributed by atoms with Crippen molar-refractivity contribution in [2.75, 3.05) is 6.61 Å². The van der Waals surface area contributed by atoms with E-state index in [0.717, 1.165) is 11.1 Å². The molecule has 2 aliphatic heterocycles. The number of carbonyl (C=O) groups excluding carboxylic acids is 2. The first-order valence-electron chi connectivity index (χ1n) is 10.5. The highest BCUT2D eigenvalue weighted by Gasteiger charge is 2.57. The zero-order valence-corrected chi connectivity index (χ0v) is 17.9. The number of hydrogen-bond acceptors (Lipinski definition) is 6. The first-order valence-corrected chi connectivity index (χ1v) is 10.5. The largest absolute Gasteiger partial charge is 0.439 e. The van der Waals surface area contributed by atoms with Crippen LogP contribution in [0, 0.1) is 0 Å². The number of ether oxygens (including phenoxy) is 4. The van der Waals surface area contributed by atoms with Crippen LogP contribution >= 0.6 is 0 Å². The summed E-state index contributed by atoms with van der Waals surface area (Å²) in [5, 5.41) is 0. The molecule has 7 heteroatoms. The van der Waals surface area contributed by atoms with Gasteiger partial charge in [-0.05, 0) is 25.0 Å². The second-order valence-corrected chi connectivity index (χ2v) is 7.84. The summed E-state index contributed by atoms with van der Waals surface area (Å²) in [7, 11) is 0. The molecule has 2 fully saturated rings. The van der Waals surface area contributed by atoms with Crippen molar-refractivity contribution in [3.8, 4) is 0 Å². The highest BCUT2D eigenvalue weighted by molar-refractivity contribution is 5.72. The Hall–Kier alpha value is -2.90. The second kappa shape index (κ2) is 8.69. The number of nitrogens with zero attached hydrogens (tertiary/aromatic N) is 1. The Morgan fingerprint density at radius 2 is 1.71 bits per heavy atom. The molecule has 0 radical (unpaired) electrons. The molecule has 0 aliphatic carbocycles. The number of cyclic esters (lactones) is 1. The van der Waals surface area contributed by atoms with Crippen molar-refractivity contribution in [3.05, 3.63) is 71.8 Å². The molecule has 0 spiro atoms. The number of carbonyl (C=O) groups is 2. The van der Waals surface area contributed by atoms with Crippen LogP contribution in [-0.2, 0) is 23.7 Å². The number of rotatable bonds is 6. The lowest BCUT2D eigenvalue weighted by Gasteiger charge is -2.37. The number of benzene rings is 2. The molecule has 0 unspecified atom stereocenters. The van der Waals surface area contributed by atoms with Crippen LogP contribution < -0.4 is 0 Å². The Kier molecular flexibility index (Phi) is 5.98. The van der Waals surface area contributed by atoms with Gasteiger partial charge in [-0.15, -0.1) is 0 Å². The zero-order chi connectivity index (χ0) is 22.0. The molecule has 0 N–H and O–H groups in total. The van der Waals surface area contributed by atoms with E-state index in [4.69, 9.17) is 18.9 Å². The molecular weight excluding hydrogens is 398 g/mol. The molecule has 0 saturated carbocycles. The van der Waals surface area contributed by atoms with E-state index in [-0.39, 0.29) is 12.5 Å². The predicted octanol–water partition coefficient (Wildman–Crippen LogP) is 4.35. The Balaban J connectivity index is 1.75. The molecule has 2 aromatic carbocycles. The van der Waals surface area contributed by atoms with Crippen LogP contribution in [0.1, 0.15) is 50.5 Å². The molecular formula is C24H27NO6. The van der Waals surface area contributed by atoms with E-state index in [2.05, 4.69) is 0 Å². The van der Waals surface area contributed by atoms with Gasteiger partial charge < -0.3 is 18.9 Å². The lowest BCUT2D eigenvalue weighted by Crippen LogP contribution is -2.51. The highest BCUT2D eigenvalue weighted by atomic mass is 16.8. The summed E-state index contributed by atoms with van der Waals surface area (Å²) in [5.41, 5.74) is 1.85. The van der Waals surface area contributed by atoms with E-state index < -0.39 is 36.3 Å². The molecule has 7 nitrogen and oxygen atoms in total. The highest BCUT2D eigenvalue weighted by Crippen LogP contribution is 2.49. The van der Waals surface area contributed by atoms with Gasteiger partial charge in [0.05, 0.1) is 6.04 Å². The van der Waals surface area contributed by atoms with Crippen molar-refractivity contribution in [2.24, 2.45) is 0 Å². The average molecular weight is 425 g/mol. The first-order chi connectivity index (χ1) is 14.9. The minimum Gasteiger partial charge on any atom is -0.439 e. The quantitative estimate of drug-likeness (QED) is 0.641. The summed E-state index contributed by atoms with van der Waals surface area (Å²) in [6, 6.07) is 18.5. The van der Waals surface area contributed by atoms with E-state index >= 15 is 0 Å². The number of amides is 1. The standard InChI is InChI=1S/C24H27NO6/c1-4-28-24(3)19(15-20(31-24)29-16(2)26)25-21(17-11-7-5-8-12-17)22(30-23(25)27)18-13-9-6-10-14-18/h5-14,19-22H,4,15H2,1-3H3/t19-,20-,21-,22+,24-/m0/s1. The van der Waals surface area contributed by atoms with Crippen LogP contribution in [0.5, 0.6) is 0 Å². The summed E-state index contributed by atoms with van der Waals surface area (Å²) in [4.78, 5) is 26.5. The van der Waals surface area contributed by atoms with E-state index in [9.17, 15) is 9.59 Å². The van der Waals surface area contributed by atoms with Crippen LogP contribution in [0.4, 0.5) is 4.79 Å². The fourth-order valence-electron chi connectivity index (χ4n) is 4.52. The van der Waals surface area contributed by atoms with Crippen LogP contribution in [-0.4, -0.2) is 41.7 Å². The summed E-state index contributed by atoms with van der Waals surface area (Å²) in [6.45, 7) is 5.34. The lowest BCUT2D eigenvalue weighted by molar-refractivity contribution is -0.266. The predicted molar refractivity (Wildman–Crippen MR) is 112 cm³/mol. The molecule has 5 atom stereocenters. The summed E-state index contributed by atoms with van der Waals surface area (Å²) in [5.74, 6) is -1.60. The molecule has 2 aliphatic rings. The van der Waals surface area contributed by atoms with Gasteiger partial charge in [0.15, 0.2) is 11.9 Å². The number of hydrogen-bond donors (Lipinski definition) is 0. The van der Waals surface area contributed by atoms with Gasteiger partial charge in [0.1, 0.15) is 6.04 Å². The van der Waals surface area contributed by atoms with Gasteiger partial charge in [-0.2, -0.15) is 0 Å².